The summed E-state index contributed by atoms with van der Waals surface area (Å²) < 4.78 is 6.43. The van der Waals surface area contributed by atoms with Gasteiger partial charge >= 0.3 is 0 Å². The van der Waals surface area contributed by atoms with Crippen molar-refractivity contribution in [2.45, 2.75) is 56.4 Å². The fraction of sp³-hybridized carbons (Fsp3) is 0.733. The Bertz CT molecular complexity index is 530. The van der Waals surface area contributed by atoms with E-state index in [1.54, 1.807) is 11.8 Å². The molecule has 1 aromatic heterocycles. The summed E-state index contributed by atoms with van der Waals surface area (Å²) in [6.45, 7) is 15.2. The zero-order valence-corrected chi connectivity index (χ0v) is 16.0. The lowest BCUT2D eigenvalue weighted by molar-refractivity contribution is 0.220. The first kappa shape index (κ1) is 16.8. The van der Waals surface area contributed by atoms with E-state index >= 15 is 0 Å². The largest absolute Gasteiger partial charge is 0.416 e. The van der Waals surface area contributed by atoms with Crippen molar-refractivity contribution in [1.82, 2.24) is 9.97 Å². The Kier molecular flexibility index (Phi) is 4.44. The summed E-state index contributed by atoms with van der Waals surface area (Å²) in [7, 11) is -1.73. The molecule has 1 aliphatic rings. The van der Waals surface area contributed by atoms with Crippen LogP contribution in [0.1, 0.15) is 33.3 Å². The number of rotatable bonds is 4. The summed E-state index contributed by atoms with van der Waals surface area (Å²) in [5.74, 6) is 0.968. The predicted molar refractivity (Wildman–Crippen MR) is 92.8 cm³/mol. The van der Waals surface area contributed by atoms with Crippen molar-refractivity contribution in [2.75, 3.05) is 24.7 Å². The monoisotopic (exact) mass is 325 g/mol. The standard InChI is InChI=1S/C15H27N3OSSi/c1-14(2,3)21(6,7)19-10-15(4)9-17-12-11(15)8-16-13(18-12)20-5/h8H,9-10H2,1-7H3,(H,16,17,18). The van der Waals surface area contributed by atoms with E-state index in [0.717, 1.165) is 24.1 Å². The van der Waals surface area contributed by atoms with Gasteiger partial charge in [-0.05, 0) is 24.4 Å². The van der Waals surface area contributed by atoms with Crippen LogP contribution in [0.4, 0.5) is 5.82 Å². The molecule has 0 bridgehead atoms. The quantitative estimate of drug-likeness (QED) is 0.517. The van der Waals surface area contributed by atoms with Gasteiger partial charge in [-0.25, -0.2) is 9.97 Å². The molecule has 2 heterocycles. The van der Waals surface area contributed by atoms with Gasteiger partial charge in [0.25, 0.3) is 0 Å². The molecule has 2 rings (SSSR count). The van der Waals surface area contributed by atoms with Crippen LogP contribution in [-0.4, -0.2) is 37.7 Å². The van der Waals surface area contributed by atoms with E-state index in [9.17, 15) is 0 Å². The molecule has 4 nitrogen and oxygen atoms in total. The minimum atomic E-state index is -1.73. The van der Waals surface area contributed by atoms with Crippen molar-refractivity contribution < 1.29 is 4.43 Å². The highest BCUT2D eigenvalue weighted by Crippen LogP contribution is 2.40. The van der Waals surface area contributed by atoms with Gasteiger partial charge in [-0.3, -0.25) is 0 Å². The van der Waals surface area contributed by atoms with Crippen LogP contribution in [0.25, 0.3) is 0 Å². The van der Waals surface area contributed by atoms with Crippen molar-refractivity contribution in [1.29, 1.82) is 0 Å². The van der Waals surface area contributed by atoms with Gasteiger partial charge in [-0.1, -0.05) is 39.5 Å². The van der Waals surface area contributed by atoms with Gasteiger partial charge in [0, 0.05) is 30.3 Å². The lowest BCUT2D eigenvalue weighted by atomic mass is 9.87. The van der Waals surface area contributed by atoms with Gasteiger partial charge in [-0.15, -0.1) is 0 Å². The minimum absolute atomic E-state index is 0.0399. The number of hydrogen-bond donors (Lipinski definition) is 1. The average molecular weight is 326 g/mol. The van der Waals surface area contributed by atoms with E-state index in [1.165, 1.54) is 5.56 Å². The van der Waals surface area contributed by atoms with E-state index in [4.69, 9.17) is 4.43 Å². The van der Waals surface area contributed by atoms with Crippen LogP contribution in [0.2, 0.25) is 18.1 Å². The molecule has 0 radical (unpaired) electrons. The third-order valence-electron chi connectivity index (χ3n) is 4.80. The number of nitrogens with zero attached hydrogens (tertiary/aromatic N) is 2. The Balaban J connectivity index is 2.16. The molecule has 0 fully saturated rings. The maximum Gasteiger partial charge on any atom is 0.192 e. The summed E-state index contributed by atoms with van der Waals surface area (Å²) in [6.07, 6.45) is 3.96. The summed E-state index contributed by atoms with van der Waals surface area (Å²) in [4.78, 5) is 8.98. The maximum atomic E-state index is 6.43. The second-order valence-electron chi connectivity index (χ2n) is 7.58. The van der Waals surface area contributed by atoms with Crippen molar-refractivity contribution in [3.63, 3.8) is 0 Å². The van der Waals surface area contributed by atoms with Crippen molar-refractivity contribution >= 4 is 25.9 Å². The van der Waals surface area contributed by atoms with E-state index < -0.39 is 8.32 Å². The van der Waals surface area contributed by atoms with Gasteiger partial charge in [0.1, 0.15) is 5.82 Å². The molecule has 0 aromatic carbocycles. The fourth-order valence-electron chi connectivity index (χ4n) is 2.10. The number of aromatic nitrogens is 2. The van der Waals surface area contributed by atoms with E-state index in [2.05, 4.69) is 56.1 Å². The van der Waals surface area contributed by atoms with Gasteiger partial charge < -0.3 is 9.74 Å². The van der Waals surface area contributed by atoms with Crippen molar-refractivity contribution in [2.24, 2.45) is 0 Å². The third kappa shape index (κ3) is 3.27. The Labute approximate surface area is 133 Å². The Morgan fingerprint density at radius 2 is 2.10 bits per heavy atom. The second-order valence-corrected chi connectivity index (χ2v) is 13.2. The Morgan fingerprint density at radius 1 is 1.43 bits per heavy atom. The molecule has 1 unspecified atom stereocenters. The highest BCUT2D eigenvalue weighted by Gasteiger charge is 2.42. The number of hydrogen-bond acceptors (Lipinski definition) is 5. The second kappa shape index (κ2) is 5.55. The smallest absolute Gasteiger partial charge is 0.192 e. The first-order chi connectivity index (χ1) is 9.59. The van der Waals surface area contributed by atoms with Gasteiger partial charge in [0.2, 0.25) is 0 Å². The third-order valence-corrected chi connectivity index (χ3v) is 9.84. The minimum Gasteiger partial charge on any atom is -0.416 e. The van der Waals surface area contributed by atoms with Gasteiger partial charge in [0.05, 0.1) is 0 Å². The molecule has 21 heavy (non-hydrogen) atoms. The topological polar surface area (TPSA) is 47.0 Å². The molecule has 1 aromatic rings. The lowest BCUT2D eigenvalue weighted by Gasteiger charge is -2.38. The Hall–Kier alpha value is -0.593. The molecule has 0 saturated carbocycles. The molecule has 6 heteroatoms. The number of thioether (sulfide) groups is 1. The van der Waals surface area contributed by atoms with Crippen LogP contribution in [-0.2, 0) is 9.84 Å². The lowest BCUT2D eigenvalue weighted by Crippen LogP contribution is -2.45. The highest BCUT2D eigenvalue weighted by molar-refractivity contribution is 7.98. The molecular formula is C15H27N3OSSi. The molecule has 0 spiro atoms. The highest BCUT2D eigenvalue weighted by atomic mass is 32.2. The fourth-order valence-corrected chi connectivity index (χ4v) is 3.55. The summed E-state index contributed by atoms with van der Waals surface area (Å²) in [5.41, 5.74) is 1.14. The van der Waals surface area contributed by atoms with Crippen LogP contribution in [0, 0.1) is 0 Å². The SMILES string of the molecule is CSc1ncc2c(n1)NCC2(C)CO[Si](C)(C)C(C)(C)C. The molecule has 0 saturated heterocycles. The maximum absolute atomic E-state index is 6.43. The molecule has 0 aliphatic carbocycles. The summed E-state index contributed by atoms with van der Waals surface area (Å²) in [5, 5.41) is 4.46. The number of fused-ring (bicyclic) bond motifs is 1. The molecule has 0 amide bonds. The summed E-state index contributed by atoms with van der Waals surface area (Å²) in [6, 6.07) is 0. The normalized spacial score (nSPS) is 22.0. The molecule has 1 aliphatic heterocycles. The van der Waals surface area contributed by atoms with Crippen molar-refractivity contribution in [3.8, 4) is 0 Å². The Morgan fingerprint density at radius 3 is 2.67 bits per heavy atom. The zero-order chi connectivity index (χ0) is 15.9. The number of anilines is 1. The average Bonchev–Trinajstić information content (AvgIpc) is 2.73. The van der Waals surface area contributed by atoms with Crippen LogP contribution in [0.5, 0.6) is 0 Å². The molecule has 1 N–H and O–H groups in total. The zero-order valence-electron chi connectivity index (χ0n) is 14.2. The molecule has 118 valence electrons. The first-order valence-electron chi connectivity index (χ1n) is 7.38. The molecule has 1 atom stereocenters. The van der Waals surface area contributed by atoms with Crippen molar-refractivity contribution in [3.05, 3.63) is 11.8 Å². The van der Waals surface area contributed by atoms with E-state index in [0.29, 0.717) is 0 Å². The number of nitrogens with one attached hydrogen (secondary N) is 1. The van der Waals surface area contributed by atoms with Crippen LogP contribution in [0.15, 0.2) is 11.4 Å². The van der Waals surface area contributed by atoms with E-state index in [-0.39, 0.29) is 10.5 Å². The van der Waals surface area contributed by atoms with E-state index in [1.807, 2.05) is 12.5 Å². The predicted octanol–water partition coefficient (Wildman–Crippen LogP) is 3.90. The van der Waals surface area contributed by atoms with Gasteiger partial charge in [0.15, 0.2) is 13.5 Å². The van der Waals surface area contributed by atoms with Crippen LogP contribution >= 0.6 is 11.8 Å². The molecular weight excluding hydrogens is 298 g/mol. The van der Waals surface area contributed by atoms with Crippen LogP contribution < -0.4 is 5.32 Å². The van der Waals surface area contributed by atoms with Crippen LogP contribution in [0.3, 0.4) is 0 Å². The first-order valence-corrected chi connectivity index (χ1v) is 11.5. The van der Waals surface area contributed by atoms with Gasteiger partial charge in [-0.2, -0.15) is 0 Å². The summed E-state index contributed by atoms with van der Waals surface area (Å²) >= 11 is 1.57.